The number of rotatable bonds is 6. The molecule has 0 fully saturated rings. The third kappa shape index (κ3) is 2.71. The van der Waals surface area contributed by atoms with Gasteiger partial charge < -0.3 is 9.67 Å². The maximum absolute atomic E-state index is 8.99. The Morgan fingerprint density at radius 2 is 2.06 bits per heavy atom. The number of imidazole rings is 1. The maximum Gasteiger partial charge on any atom is 0.106 e. The van der Waals surface area contributed by atoms with E-state index in [9.17, 15) is 0 Å². The Hall–Kier alpha value is -1.39. The highest BCUT2D eigenvalue weighted by Crippen LogP contribution is 2.15. The lowest BCUT2D eigenvalue weighted by Gasteiger charge is -2.19. The van der Waals surface area contributed by atoms with Gasteiger partial charge in [-0.3, -0.25) is 4.90 Å². The molecule has 2 rings (SSSR count). The van der Waals surface area contributed by atoms with E-state index in [2.05, 4.69) is 27.4 Å². The first kappa shape index (κ1) is 13.1. The molecule has 0 aliphatic rings. The van der Waals surface area contributed by atoms with Crippen molar-refractivity contribution in [2.24, 2.45) is 0 Å². The first-order valence-corrected chi connectivity index (χ1v) is 6.51. The van der Waals surface area contributed by atoms with E-state index in [1.807, 2.05) is 25.1 Å². The summed E-state index contributed by atoms with van der Waals surface area (Å²) < 4.78 is 2.25. The second kappa shape index (κ2) is 5.98. The van der Waals surface area contributed by atoms with Gasteiger partial charge in [-0.05, 0) is 25.6 Å². The highest BCUT2D eigenvalue weighted by Gasteiger charge is 2.08. The number of likely N-dealkylation sites (N-methyl/N-ethyl adjacent to an activating group) is 1. The van der Waals surface area contributed by atoms with Crippen molar-refractivity contribution < 1.29 is 5.11 Å². The summed E-state index contributed by atoms with van der Waals surface area (Å²) in [6, 6.07) is 8.22. The summed E-state index contributed by atoms with van der Waals surface area (Å²) in [5, 5.41) is 8.99. The molecule has 0 atom stereocenters. The van der Waals surface area contributed by atoms with Gasteiger partial charge in [0, 0.05) is 19.6 Å². The van der Waals surface area contributed by atoms with Crippen molar-refractivity contribution in [1.29, 1.82) is 0 Å². The quantitative estimate of drug-likeness (QED) is 0.844. The normalized spacial score (nSPS) is 11.6. The lowest BCUT2D eigenvalue weighted by atomic mass is 10.3. The minimum atomic E-state index is 0.220. The molecule has 0 radical (unpaired) electrons. The molecule has 0 amide bonds. The lowest BCUT2D eigenvalue weighted by Crippen LogP contribution is -2.30. The van der Waals surface area contributed by atoms with Crippen LogP contribution >= 0.6 is 0 Å². The van der Waals surface area contributed by atoms with Gasteiger partial charge >= 0.3 is 0 Å². The summed E-state index contributed by atoms with van der Waals surface area (Å²) in [7, 11) is 0. The molecule has 1 aromatic heterocycles. The SMILES string of the molecule is CCN(CCO)CCn1c(C)nc2ccccc21. The average molecular weight is 247 g/mol. The van der Waals surface area contributed by atoms with E-state index in [1.54, 1.807) is 0 Å². The Balaban J connectivity index is 2.13. The van der Waals surface area contributed by atoms with Gasteiger partial charge in [0.25, 0.3) is 0 Å². The fraction of sp³-hybridized carbons (Fsp3) is 0.500. The smallest absolute Gasteiger partial charge is 0.106 e. The summed E-state index contributed by atoms with van der Waals surface area (Å²) in [5.74, 6) is 1.05. The van der Waals surface area contributed by atoms with Gasteiger partial charge in [0.15, 0.2) is 0 Å². The zero-order chi connectivity index (χ0) is 13.0. The number of fused-ring (bicyclic) bond motifs is 1. The number of hydrogen-bond donors (Lipinski definition) is 1. The zero-order valence-corrected chi connectivity index (χ0v) is 11.1. The molecule has 1 heterocycles. The van der Waals surface area contributed by atoms with Gasteiger partial charge in [-0.25, -0.2) is 4.98 Å². The van der Waals surface area contributed by atoms with Crippen molar-refractivity contribution >= 4 is 11.0 Å². The monoisotopic (exact) mass is 247 g/mol. The maximum atomic E-state index is 8.99. The van der Waals surface area contributed by atoms with Crippen molar-refractivity contribution in [2.75, 3.05) is 26.2 Å². The molecule has 1 aromatic carbocycles. The van der Waals surface area contributed by atoms with Gasteiger partial charge in [-0.15, -0.1) is 0 Å². The van der Waals surface area contributed by atoms with Crippen molar-refractivity contribution in [2.45, 2.75) is 20.4 Å². The number of para-hydroxylation sites is 2. The summed E-state index contributed by atoms with van der Waals surface area (Å²) in [6.07, 6.45) is 0. The summed E-state index contributed by atoms with van der Waals surface area (Å²) in [4.78, 5) is 6.80. The van der Waals surface area contributed by atoms with Crippen LogP contribution in [0, 0.1) is 6.92 Å². The molecule has 0 aliphatic carbocycles. The predicted molar refractivity (Wildman–Crippen MR) is 73.7 cm³/mol. The fourth-order valence-corrected chi connectivity index (χ4v) is 2.29. The third-order valence-electron chi connectivity index (χ3n) is 3.35. The van der Waals surface area contributed by atoms with Gasteiger partial charge in [0.2, 0.25) is 0 Å². The molecule has 0 aliphatic heterocycles. The van der Waals surface area contributed by atoms with Crippen molar-refractivity contribution in [3.8, 4) is 0 Å². The molecule has 0 bridgehead atoms. The van der Waals surface area contributed by atoms with Crippen molar-refractivity contribution in [3.05, 3.63) is 30.1 Å². The van der Waals surface area contributed by atoms with Crippen LogP contribution in [-0.2, 0) is 6.54 Å². The number of nitrogens with zero attached hydrogens (tertiary/aromatic N) is 3. The van der Waals surface area contributed by atoms with Crippen LogP contribution in [0.15, 0.2) is 24.3 Å². The van der Waals surface area contributed by atoms with Crippen LogP contribution in [0.25, 0.3) is 11.0 Å². The summed E-state index contributed by atoms with van der Waals surface area (Å²) in [6.45, 7) is 7.95. The summed E-state index contributed by atoms with van der Waals surface area (Å²) >= 11 is 0. The zero-order valence-electron chi connectivity index (χ0n) is 11.1. The molecule has 0 saturated carbocycles. The molecule has 98 valence electrons. The molecule has 0 unspecified atom stereocenters. The topological polar surface area (TPSA) is 41.3 Å². The van der Waals surface area contributed by atoms with E-state index in [-0.39, 0.29) is 6.61 Å². The molecule has 1 N–H and O–H groups in total. The number of benzene rings is 1. The second-order valence-electron chi connectivity index (χ2n) is 4.46. The molecular weight excluding hydrogens is 226 g/mol. The molecule has 0 spiro atoms. The highest BCUT2D eigenvalue weighted by molar-refractivity contribution is 5.75. The molecule has 18 heavy (non-hydrogen) atoms. The first-order chi connectivity index (χ1) is 8.76. The third-order valence-corrected chi connectivity index (χ3v) is 3.35. The second-order valence-corrected chi connectivity index (χ2v) is 4.46. The van der Waals surface area contributed by atoms with Crippen LogP contribution in [0.3, 0.4) is 0 Å². The predicted octanol–water partition coefficient (Wildman–Crippen LogP) is 1.66. The van der Waals surface area contributed by atoms with E-state index >= 15 is 0 Å². The fourth-order valence-electron chi connectivity index (χ4n) is 2.29. The molecule has 2 aromatic rings. The molecular formula is C14H21N3O. The van der Waals surface area contributed by atoms with E-state index in [4.69, 9.17) is 5.11 Å². The van der Waals surface area contributed by atoms with E-state index in [0.717, 1.165) is 37.5 Å². The highest BCUT2D eigenvalue weighted by atomic mass is 16.3. The van der Waals surface area contributed by atoms with Gasteiger partial charge in [0.1, 0.15) is 5.82 Å². The number of aryl methyl sites for hydroxylation is 1. The van der Waals surface area contributed by atoms with E-state index in [0.29, 0.717) is 0 Å². The van der Waals surface area contributed by atoms with E-state index < -0.39 is 0 Å². The Morgan fingerprint density at radius 1 is 1.28 bits per heavy atom. The largest absolute Gasteiger partial charge is 0.395 e. The Labute approximate surface area is 108 Å². The van der Waals surface area contributed by atoms with Crippen LogP contribution in [0.5, 0.6) is 0 Å². The number of hydrogen-bond acceptors (Lipinski definition) is 3. The average Bonchev–Trinajstić information content (AvgIpc) is 2.70. The van der Waals surface area contributed by atoms with Crippen LogP contribution < -0.4 is 0 Å². The first-order valence-electron chi connectivity index (χ1n) is 6.51. The van der Waals surface area contributed by atoms with Crippen LogP contribution in [0.2, 0.25) is 0 Å². The minimum absolute atomic E-state index is 0.220. The van der Waals surface area contributed by atoms with Gasteiger partial charge in [0.05, 0.1) is 17.6 Å². The van der Waals surface area contributed by atoms with Gasteiger partial charge in [-0.1, -0.05) is 19.1 Å². The number of aliphatic hydroxyl groups is 1. The number of aromatic nitrogens is 2. The molecule has 4 nitrogen and oxygen atoms in total. The van der Waals surface area contributed by atoms with Crippen LogP contribution in [-0.4, -0.2) is 45.8 Å². The van der Waals surface area contributed by atoms with Crippen LogP contribution in [0.4, 0.5) is 0 Å². The Morgan fingerprint density at radius 3 is 2.78 bits per heavy atom. The number of aliphatic hydroxyl groups excluding tert-OH is 1. The summed E-state index contributed by atoms with van der Waals surface area (Å²) in [5.41, 5.74) is 2.25. The molecule has 4 heteroatoms. The van der Waals surface area contributed by atoms with E-state index in [1.165, 1.54) is 5.52 Å². The molecule has 0 saturated heterocycles. The van der Waals surface area contributed by atoms with Crippen LogP contribution in [0.1, 0.15) is 12.7 Å². The van der Waals surface area contributed by atoms with Crippen molar-refractivity contribution in [1.82, 2.24) is 14.5 Å². The van der Waals surface area contributed by atoms with Gasteiger partial charge in [-0.2, -0.15) is 0 Å². The van der Waals surface area contributed by atoms with Crippen molar-refractivity contribution in [3.63, 3.8) is 0 Å². The lowest BCUT2D eigenvalue weighted by molar-refractivity contribution is 0.197. The minimum Gasteiger partial charge on any atom is -0.395 e. The standard InChI is InChI=1S/C14H21N3O/c1-3-16(10-11-18)8-9-17-12(2)15-13-6-4-5-7-14(13)17/h4-7,18H,3,8-11H2,1-2H3. The Kier molecular flexibility index (Phi) is 4.33. The Bertz CT molecular complexity index is 507.